The van der Waals surface area contributed by atoms with Crippen molar-refractivity contribution in [3.05, 3.63) is 30.3 Å². The number of nitrogens with zero attached hydrogens (tertiary/aromatic N) is 2. The molecule has 0 radical (unpaired) electrons. The summed E-state index contributed by atoms with van der Waals surface area (Å²) in [5.41, 5.74) is 0. The van der Waals surface area contributed by atoms with E-state index in [1.165, 1.54) is 4.90 Å². The molecule has 100 valence electrons. The summed E-state index contributed by atoms with van der Waals surface area (Å²) in [6.07, 6.45) is 1.72. The molecule has 2 aliphatic heterocycles. The first-order valence-electron chi connectivity index (χ1n) is 6.57. The standard InChI is InChI=1S/C14H16N2O3/c17-13-12-7-4-8-15(12)14(18)16(13)9-10-19-11-5-2-1-3-6-11/h1-3,5-6,12H,4,7-10H2/t12-/m0/s1. The molecule has 5 heteroatoms. The average molecular weight is 260 g/mol. The van der Waals surface area contributed by atoms with E-state index in [0.717, 1.165) is 18.6 Å². The Balaban J connectivity index is 1.56. The molecule has 2 aliphatic rings. The van der Waals surface area contributed by atoms with Gasteiger partial charge in [0.05, 0.1) is 6.54 Å². The van der Waals surface area contributed by atoms with Crippen molar-refractivity contribution in [3.8, 4) is 5.75 Å². The molecule has 5 nitrogen and oxygen atoms in total. The predicted molar refractivity (Wildman–Crippen MR) is 68.8 cm³/mol. The minimum absolute atomic E-state index is 0.0702. The van der Waals surface area contributed by atoms with Crippen molar-refractivity contribution in [2.45, 2.75) is 18.9 Å². The van der Waals surface area contributed by atoms with E-state index in [4.69, 9.17) is 4.74 Å². The maximum absolute atomic E-state index is 12.0. The Labute approximate surface area is 111 Å². The number of amides is 3. The summed E-state index contributed by atoms with van der Waals surface area (Å²) >= 11 is 0. The molecule has 2 fully saturated rings. The lowest BCUT2D eigenvalue weighted by atomic mass is 10.2. The number of fused-ring (bicyclic) bond motifs is 1. The van der Waals surface area contributed by atoms with E-state index in [9.17, 15) is 9.59 Å². The van der Waals surface area contributed by atoms with Crippen LogP contribution in [0, 0.1) is 0 Å². The number of carbonyl (C=O) groups is 2. The number of urea groups is 1. The third-order valence-electron chi connectivity index (χ3n) is 3.61. The molecule has 0 saturated carbocycles. The maximum Gasteiger partial charge on any atom is 0.327 e. The molecule has 0 spiro atoms. The van der Waals surface area contributed by atoms with Gasteiger partial charge < -0.3 is 9.64 Å². The summed E-state index contributed by atoms with van der Waals surface area (Å²) in [7, 11) is 0. The molecule has 1 aromatic carbocycles. The monoisotopic (exact) mass is 260 g/mol. The molecule has 0 unspecified atom stereocenters. The molecule has 19 heavy (non-hydrogen) atoms. The largest absolute Gasteiger partial charge is 0.492 e. The van der Waals surface area contributed by atoms with Crippen LogP contribution in [0.2, 0.25) is 0 Å². The fourth-order valence-corrected chi connectivity index (χ4v) is 2.66. The highest BCUT2D eigenvalue weighted by Crippen LogP contribution is 2.26. The Morgan fingerprint density at radius 1 is 1.21 bits per heavy atom. The lowest BCUT2D eigenvalue weighted by molar-refractivity contribution is -0.128. The van der Waals surface area contributed by atoms with Crippen molar-refractivity contribution in [1.29, 1.82) is 0 Å². The van der Waals surface area contributed by atoms with E-state index < -0.39 is 0 Å². The summed E-state index contributed by atoms with van der Waals surface area (Å²) in [4.78, 5) is 27.0. The van der Waals surface area contributed by atoms with Crippen LogP contribution in [0.3, 0.4) is 0 Å². The van der Waals surface area contributed by atoms with E-state index >= 15 is 0 Å². The van der Waals surface area contributed by atoms with Crippen molar-refractivity contribution in [2.24, 2.45) is 0 Å². The zero-order valence-corrected chi connectivity index (χ0v) is 10.6. The van der Waals surface area contributed by atoms with Crippen LogP contribution in [0.5, 0.6) is 5.75 Å². The number of ether oxygens (including phenoxy) is 1. The molecule has 2 saturated heterocycles. The normalized spacial score (nSPS) is 22.0. The molecular weight excluding hydrogens is 244 g/mol. The Morgan fingerprint density at radius 2 is 2.00 bits per heavy atom. The summed E-state index contributed by atoms with van der Waals surface area (Å²) in [5.74, 6) is 0.682. The number of rotatable bonds is 4. The highest BCUT2D eigenvalue weighted by molar-refractivity contribution is 6.04. The van der Waals surface area contributed by atoms with Gasteiger partial charge >= 0.3 is 6.03 Å². The molecule has 0 N–H and O–H groups in total. The van der Waals surface area contributed by atoms with Crippen LogP contribution in [-0.2, 0) is 4.79 Å². The first kappa shape index (κ1) is 12.0. The summed E-state index contributed by atoms with van der Waals surface area (Å²) in [5, 5.41) is 0. The van der Waals surface area contributed by atoms with Gasteiger partial charge in [0.25, 0.3) is 5.91 Å². The molecule has 0 aliphatic carbocycles. The van der Waals surface area contributed by atoms with Gasteiger partial charge in [-0.2, -0.15) is 0 Å². The predicted octanol–water partition coefficient (Wildman–Crippen LogP) is 1.49. The van der Waals surface area contributed by atoms with E-state index in [2.05, 4.69) is 0 Å². The van der Waals surface area contributed by atoms with Crippen LogP contribution < -0.4 is 4.74 Å². The number of hydrogen-bond acceptors (Lipinski definition) is 3. The SMILES string of the molecule is O=C1[C@@H]2CCCN2C(=O)N1CCOc1ccccc1. The zero-order valence-electron chi connectivity index (χ0n) is 10.6. The lowest BCUT2D eigenvalue weighted by Crippen LogP contribution is -2.36. The highest BCUT2D eigenvalue weighted by Gasteiger charge is 2.46. The number of carbonyl (C=O) groups excluding carboxylic acids is 2. The molecule has 1 aromatic rings. The van der Waals surface area contributed by atoms with E-state index in [0.29, 0.717) is 19.7 Å². The third kappa shape index (κ3) is 2.16. The Morgan fingerprint density at radius 3 is 2.74 bits per heavy atom. The quantitative estimate of drug-likeness (QED) is 0.771. The van der Waals surface area contributed by atoms with Crippen LogP contribution in [0.25, 0.3) is 0 Å². The number of para-hydroxylation sites is 1. The maximum atomic E-state index is 12.0. The van der Waals surface area contributed by atoms with Crippen LogP contribution in [-0.4, -0.2) is 47.5 Å². The highest BCUT2D eigenvalue weighted by atomic mass is 16.5. The third-order valence-corrected chi connectivity index (χ3v) is 3.61. The van der Waals surface area contributed by atoms with Gasteiger partial charge in [-0.15, -0.1) is 0 Å². The van der Waals surface area contributed by atoms with Crippen molar-refractivity contribution in [3.63, 3.8) is 0 Å². The van der Waals surface area contributed by atoms with Crippen LogP contribution in [0.1, 0.15) is 12.8 Å². The van der Waals surface area contributed by atoms with Crippen LogP contribution in [0.4, 0.5) is 4.79 Å². The Kier molecular flexibility index (Phi) is 3.11. The second-order valence-corrected chi connectivity index (χ2v) is 4.79. The second-order valence-electron chi connectivity index (χ2n) is 4.79. The first-order chi connectivity index (χ1) is 9.27. The van der Waals surface area contributed by atoms with Gasteiger partial charge in [0.15, 0.2) is 0 Å². The fraction of sp³-hybridized carbons (Fsp3) is 0.429. The molecule has 3 amide bonds. The Bertz CT molecular complexity index is 467. The topological polar surface area (TPSA) is 49.9 Å². The molecule has 1 atom stereocenters. The summed E-state index contributed by atoms with van der Waals surface area (Å²) in [6, 6.07) is 9.01. The van der Waals surface area contributed by atoms with Crippen LogP contribution >= 0.6 is 0 Å². The second kappa shape index (κ2) is 4.91. The summed E-state index contributed by atoms with van der Waals surface area (Å²) in [6.45, 7) is 1.35. The van der Waals surface area contributed by atoms with E-state index in [1.54, 1.807) is 4.90 Å². The first-order valence-corrected chi connectivity index (χ1v) is 6.57. The molecule has 3 rings (SSSR count). The lowest BCUT2D eigenvalue weighted by Gasteiger charge is -2.15. The zero-order chi connectivity index (χ0) is 13.2. The number of hydrogen-bond donors (Lipinski definition) is 0. The smallest absolute Gasteiger partial charge is 0.327 e. The van der Waals surface area contributed by atoms with Crippen molar-refractivity contribution < 1.29 is 14.3 Å². The minimum Gasteiger partial charge on any atom is -0.492 e. The van der Waals surface area contributed by atoms with Gasteiger partial charge in [0.1, 0.15) is 18.4 Å². The summed E-state index contributed by atoms with van der Waals surface area (Å²) < 4.78 is 5.52. The number of imide groups is 1. The molecule has 0 aromatic heterocycles. The number of benzene rings is 1. The minimum atomic E-state index is -0.218. The molecule has 0 bridgehead atoms. The average Bonchev–Trinajstić information content (AvgIpc) is 2.99. The van der Waals surface area contributed by atoms with Crippen LogP contribution in [0.15, 0.2) is 30.3 Å². The van der Waals surface area contributed by atoms with Crippen molar-refractivity contribution in [1.82, 2.24) is 9.80 Å². The van der Waals surface area contributed by atoms with Gasteiger partial charge in [-0.1, -0.05) is 18.2 Å². The molecular formula is C14H16N2O3. The van der Waals surface area contributed by atoms with E-state index in [-0.39, 0.29) is 18.0 Å². The van der Waals surface area contributed by atoms with Gasteiger partial charge in [-0.05, 0) is 25.0 Å². The fourth-order valence-electron chi connectivity index (χ4n) is 2.66. The Hall–Kier alpha value is -2.04. The van der Waals surface area contributed by atoms with Gasteiger partial charge in [0.2, 0.25) is 0 Å². The van der Waals surface area contributed by atoms with Crippen molar-refractivity contribution in [2.75, 3.05) is 19.7 Å². The van der Waals surface area contributed by atoms with E-state index in [1.807, 2.05) is 30.3 Å². The van der Waals surface area contributed by atoms with Crippen molar-refractivity contribution >= 4 is 11.9 Å². The van der Waals surface area contributed by atoms with Gasteiger partial charge in [-0.25, -0.2) is 4.79 Å². The van der Waals surface area contributed by atoms with Gasteiger partial charge in [-0.3, -0.25) is 9.69 Å². The molecule has 2 heterocycles. The van der Waals surface area contributed by atoms with Gasteiger partial charge in [0, 0.05) is 6.54 Å².